The molecule has 2 amide bonds. The van der Waals surface area contributed by atoms with Crippen molar-refractivity contribution < 1.29 is 18.7 Å². The zero-order valence-electron chi connectivity index (χ0n) is 14.9. The highest BCUT2D eigenvalue weighted by molar-refractivity contribution is 5.97. The summed E-state index contributed by atoms with van der Waals surface area (Å²) < 4.78 is 19.5. The first-order chi connectivity index (χ1) is 12.5. The monoisotopic (exact) mass is 364 g/mol. The van der Waals surface area contributed by atoms with Crippen LogP contribution in [-0.2, 0) is 14.3 Å². The molecule has 0 spiro atoms. The van der Waals surface area contributed by atoms with Gasteiger partial charge in [-0.3, -0.25) is 14.5 Å². The first kappa shape index (κ1) is 18.8. The Morgan fingerprint density at radius 3 is 2.88 bits per heavy atom. The summed E-state index contributed by atoms with van der Waals surface area (Å²) in [7, 11) is 1.88. The molecule has 1 heterocycles. The van der Waals surface area contributed by atoms with Crippen molar-refractivity contribution >= 4 is 23.2 Å². The van der Waals surface area contributed by atoms with Crippen molar-refractivity contribution in [3.63, 3.8) is 0 Å². The van der Waals surface area contributed by atoms with Crippen LogP contribution in [0.2, 0.25) is 0 Å². The van der Waals surface area contributed by atoms with Crippen LogP contribution in [0.4, 0.5) is 15.8 Å². The number of benzene rings is 1. The van der Waals surface area contributed by atoms with Crippen molar-refractivity contribution in [3.05, 3.63) is 24.0 Å². The van der Waals surface area contributed by atoms with Gasteiger partial charge in [0.05, 0.1) is 12.3 Å². The van der Waals surface area contributed by atoms with E-state index in [-0.39, 0.29) is 30.7 Å². The predicted octanol–water partition coefficient (Wildman–Crippen LogP) is 0.797. The molecule has 1 aliphatic heterocycles. The van der Waals surface area contributed by atoms with Gasteiger partial charge in [0.2, 0.25) is 5.91 Å². The minimum atomic E-state index is -0.561. The second kappa shape index (κ2) is 8.11. The lowest BCUT2D eigenvalue weighted by Gasteiger charge is -2.28. The zero-order chi connectivity index (χ0) is 18.7. The lowest BCUT2D eigenvalue weighted by Crippen LogP contribution is -2.47. The number of likely N-dealkylation sites (N-methyl/N-ethyl adjacent to an activating group) is 1. The lowest BCUT2D eigenvalue weighted by molar-refractivity contribution is -0.125. The van der Waals surface area contributed by atoms with Crippen LogP contribution in [0.3, 0.4) is 0 Å². The van der Waals surface area contributed by atoms with Crippen LogP contribution >= 0.6 is 0 Å². The van der Waals surface area contributed by atoms with Crippen LogP contribution in [0, 0.1) is 11.7 Å². The van der Waals surface area contributed by atoms with Crippen molar-refractivity contribution in [2.45, 2.75) is 18.9 Å². The molecule has 0 aromatic heterocycles. The van der Waals surface area contributed by atoms with Crippen molar-refractivity contribution in [3.8, 4) is 0 Å². The summed E-state index contributed by atoms with van der Waals surface area (Å²) in [6, 6.07) is 3.86. The lowest BCUT2D eigenvalue weighted by atomic mass is 10.2. The number of nitrogens with two attached hydrogens (primary N) is 1. The van der Waals surface area contributed by atoms with Crippen LogP contribution in [0.1, 0.15) is 12.8 Å². The summed E-state index contributed by atoms with van der Waals surface area (Å²) in [5.74, 6) is -0.458. The van der Waals surface area contributed by atoms with Gasteiger partial charge in [0.15, 0.2) is 0 Å². The van der Waals surface area contributed by atoms with E-state index in [1.807, 2.05) is 11.9 Å². The topological polar surface area (TPSA) is 87.9 Å². The number of carbonyl (C=O) groups excluding carboxylic acids is 2. The fraction of sp³-hybridized carbons (Fsp3) is 0.556. The SMILES string of the molecule is CN(CC1CC1)[C@@H](CN)C(=O)Nc1ccc(N2CCOCC2=O)c(F)c1. The van der Waals surface area contributed by atoms with Gasteiger partial charge in [-0.1, -0.05) is 0 Å². The fourth-order valence-corrected chi connectivity index (χ4v) is 3.12. The highest BCUT2D eigenvalue weighted by atomic mass is 19.1. The summed E-state index contributed by atoms with van der Waals surface area (Å²) in [5.41, 5.74) is 6.29. The van der Waals surface area contributed by atoms with Gasteiger partial charge < -0.3 is 20.7 Å². The molecule has 1 aromatic carbocycles. The molecule has 1 aliphatic carbocycles. The Morgan fingerprint density at radius 1 is 1.50 bits per heavy atom. The maximum absolute atomic E-state index is 14.5. The average molecular weight is 364 g/mol. The summed E-state index contributed by atoms with van der Waals surface area (Å²) in [6.07, 6.45) is 2.38. The standard InChI is InChI=1S/C18H25FN4O3/c1-22(10-12-2-3-12)16(9-20)18(25)21-13-4-5-15(14(19)8-13)23-6-7-26-11-17(23)24/h4-5,8,12,16H,2-3,6-7,9-11,20H2,1H3,(H,21,25)/t16-/m0/s1. The molecule has 142 valence electrons. The van der Waals surface area contributed by atoms with E-state index in [4.69, 9.17) is 10.5 Å². The van der Waals surface area contributed by atoms with E-state index >= 15 is 0 Å². The van der Waals surface area contributed by atoms with Gasteiger partial charge in [0.1, 0.15) is 18.5 Å². The van der Waals surface area contributed by atoms with Crippen LogP contribution in [0.25, 0.3) is 0 Å². The Kier molecular flexibility index (Phi) is 5.85. The van der Waals surface area contributed by atoms with E-state index in [0.29, 0.717) is 24.8 Å². The highest BCUT2D eigenvalue weighted by Gasteiger charge is 2.29. The molecule has 26 heavy (non-hydrogen) atoms. The van der Waals surface area contributed by atoms with Gasteiger partial charge in [-0.25, -0.2) is 4.39 Å². The summed E-state index contributed by atoms with van der Waals surface area (Å²) >= 11 is 0. The third-order valence-electron chi connectivity index (χ3n) is 4.79. The van der Waals surface area contributed by atoms with E-state index in [1.54, 1.807) is 6.07 Å². The molecule has 0 radical (unpaired) electrons. The van der Waals surface area contributed by atoms with Crippen molar-refractivity contribution in [1.82, 2.24) is 4.90 Å². The maximum atomic E-state index is 14.5. The number of nitrogens with zero attached hydrogens (tertiary/aromatic N) is 2. The number of anilines is 2. The second-order valence-corrected chi connectivity index (χ2v) is 6.89. The Balaban J connectivity index is 1.66. The van der Waals surface area contributed by atoms with Gasteiger partial charge >= 0.3 is 0 Å². The Morgan fingerprint density at radius 2 is 2.27 bits per heavy atom. The van der Waals surface area contributed by atoms with Crippen LogP contribution in [0.15, 0.2) is 18.2 Å². The molecule has 1 saturated carbocycles. The number of carbonyl (C=O) groups is 2. The third kappa shape index (κ3) is 4.38. The van der Waals surface area contributed by atoms with Crippen molar-refractivity contribution in [2.24, 2.45) is 11.7 Å². The maximum Gasteiger partial charge on any atom is 0.253 e. The Bertz CT molecular complexity index is 680. The third-order valence-corrected chi connectivity index (χ3v) is 4.79. The quantitative estimate of drug-likeness (QED) is 0.747. The molecular weight excluding hydrogens is 339 g/mol. The first-order valence-electron chi connectivity index (χ1n) is 8.88. The second-order valence-electron chi connectivity index (χ2n) is 6.89. The van der Waals surface area contributed by atoms with Gasteiger partial charge in [-0.2, -0.15) is 0 Å². The van der Waals surface area contributed by atoms with E-state index in [0.717, 1.165) is 6.54 Å². The van der Waals surface area contributed by atoms with E-state index < -0.39 is 11.9 Å². The number of hydrogen-bond donors (Lipinski definition) is 2. The summed E-state index contributed by atoms with van der Waals surface area (Å²) in [4.78, 5) is 27.7. The average Bonchev–Trinajstić information content (AvgIpc) is 3.40. The highest BCUT2D eigenvalue weighted by Crippen LogP contribution is 2.30. The van der Waals surface area contributed by atoms with E-state index in [1.165, 1.54) is 29.9 Å². The molecule has 1 saturated heterocycles. The zero-order valence-corrected chi connectivity index (χ0v) is 14.9. The molecule has 1 aromatic rings. The molecule has 3 rings (SSSR count). The Labute approximate surface area is 152 Å². The van der Waals surface area contributed by atoms with Crippen LogP contribution in [0.5, 0.6) is 0 Å². The van der Waals surface area contributed by atoms with Gasteiger partial charge in [0.25, 0.3) is 5.91 Å². The number of rotatable bonds is 7. The summed E-state index contributed by atoms with van der Waals surface area (Å²) in [6.45, 7) is 1.65. The van der Waals surface area contributed by atoms with Gasteiger partial charge in [0, 0.05) is 25.3 Å². The fourth-order valence-electron chi connectivity index (χ4n) is 3.12. The predicted molar refractivity (Wildman–Crippen MR) is 96.4 cm³/mol. The number of ether oxygens (including phenoxy) is 1. The van der Waals surface area contributed by atoms with Gasteiger partial charge in [-0.15, -0.1) is 0 Å². The number of nitrogens with one attached hydrogen (secondary N) is 1. The number of amides is 2. The molecule has 1 atom stereocenters. The number of hydrogen-bond acceptors (Lipinski definition) is 5. The molecule has 8 heteroatoms. The number of morpholine rings is 1. The molecular formula is C18H25FN4O3. The Hall–Kier alpha value is -2.03. The van der Waals surface area contributed by atoms with Crippen LogP contribution in [-0.4, -0.2) is 62.7 Å². The molecule has 3 N–H and O–H groups in total. The largest absolute Gasteiger partial charge is 0.370 e. The van der Waals surface area contributed by atoms with Gasteiger partial charge in [-0.05, 0) is 44.0 Å². The minimum absolute atomic E-state index is 0.0521. The molecule has 2 fully saturated rings. The van der Waals surface area contributed by atoms with Crippen molar-refractivity contribution in [2.75, 3.05) is 50.1 Å². The molecule has 0 unspecified atom stereocenters. The number of halogens is 1. The van der Waals surface area contributed by atoms with Crippen molar-refractivity contribution in [1.29, 1.82) is 0 Å². The smallest absolute Gasteiger partial charge is 0.253 e. The minimum Gasteiger partial charge on any atom is -0.370 e. The summed E-state index contributed by atoms with van der Waals surface area (Å²) in [5, 5.41) is 2.72. The molecule has 0 bridgehead atoms. The van der Waals surface area contributed by atoms with E-state index in [9.17, 15) is 14.0 Å². The first-order valence-corrected chi connectivity index (χ1v) is 8.88. The van der Waals surface area contributed by atoms with E-state index in [2.05, 4.69) is 5.32 Å². The normalized spacial score (nSPS) is 18.9. The molecule has 2 aliphatic rings. The molecule has 7 nitrogen and oxygen atoms in total. The van der Waals surface area contributed by atoms with Crippen LogP contribution < -0.4 is 16.0 Å².